The molecule has 158 valence electrons. The van der Waals surface area contributed by atoms with E-state index in [0.29, 0.717) is 22.9 Å². The first-order chi connectivity index (χ1) is 15.8. The second kappa shape index (κ2) is 10.9. The largest absolute Gasteiger partial charge is 0.492 e. The number of pyridine rings is 1. The molecule has 3 nitrogen and oxygen atoms in total. The maximum Gasteiger partial charge on any atom is 0.137 e. The van der Waals surface area contributed by atoms with E-state index in [2.05, 4.69) is 6.07 Å². The van der Waals surface area contributed by atoms with Crippen LogP contribution in [0.25, 0.3) is 22.4 Å². The van der Waals surface area contributed by atoms with Crippen LogP contribution in [0.4, 0.5) is 0 Å². The summed E-state index contributed by atoms with van der Waals surface area (Å²) in [5.74, 6) is 1.46. The Morgan fingerprint density at radius 1 is 0.875 bits per heavy atom. The molecule has 0 saturated carbocycles. The summed E-state index contributed by atoms with van der Waals surface area (Å²) < 4.78 is 5.79. The lowest BCUT2D eigenvalue weighted by Gasteiger charge is -2.13. The lowest BCUT2D eigenvalue weighted by Crippen LogP contribution is -2.00. The summed E-state index contributed by atoms with van der Waals surface area (Å²) in [5.41, 5.74) is 4.40. The van der Waals surface area contributed by atoms with Crippen molar-refractivity contribution < 1.29 is 4.74 Å². The van der Waals surface area contributed by atoms with Gasteiger partial charge in [-0.05, 0) is 30.2 Å². The Morgan fingerprint density at radius 2 is 1.53 bits per heavy atom. The number of hydrogen-bond acceptors (Lipinski definition) is 4. The highest BCUT2D eigenvalue weighted by atomic mass is 35.5. The van der Waals surface area contributed by atoms with Crippen LogP contribution in [-0.4, -0.2) is 17.3 Å². The number of aromatic nitrogens is 1. The summed E-state index contributed by atoms with van der Waals surface area (Å²) in [6, 6.07) is 31.9. The van der Waals surface area contributed by atoms with E-state index in [4.69, 9.17) is 21.3 Å². The van der Waals surface area contributed by atoms with Crippen LogP contribution in [0.5, 0.6) is 5.75 Å². The standard InChI is InChI=1S/C27H21ClN2OS/c28-24-14-7-8-15-26(24)31-16-9-17-32-27-23(19-29)22(20-10-3-1-4-11-20)18-25(30-27)21-12-5-2-6-13-21/h1-8,10-15,18H,9,16-17H2. The molecule has 0 N–H and O–H groups in total. The molecule has 1 aromatic heterocycles. The molecule has 0 aliphatic heterocycles. The molecule has 0 aliphatic rings. The fraction of sp³-hybridized carbons (Fsp3) is 0.111. The van der Waals surface area contributed by atoms with Gasteiger partial charge in [0.2, 0.25) is 0 Å². The van der Waals surface area contributed by atoms with Crippen LogP contribution in [0.15, 0.2) is 96.0 Å². The molecule has 32 heavy (non-hydrogen) atoms. The van der Waals surface area contributed by atoms with Gasteiger partial charge >= 0.3 is 0 Å². The molecular weight excluding hydrogens is 436 g/mol. The van der Waals surface area contributed by atoms with Crippen molar-refractivity contribution >= 4 is 23.4 Å². The fourth-order valence-corrected chi connectivity index (χ4v) is 4.42. The van der Waals surface area contributed by atoms with E-state index >= 15 is 0 Å². The molecule has 4 rings (SSSR count). The Labute approximate surface area is 197 Å². The Hall–Kier alpha value is -3.26. The molecule has 3 aromatic carbocycles. The van der Waals surface area contributed by atoms with Gasteiger partial charge in [-0.1, -0.05) is 84.4 Å². The van der Waals surface area contributed by atoms with Crippen LogP contribution in [-0.2, 0) is 0 Å². The lowest BCUT2D eigenvalue weighted by atomic mass is 9.99. The summed E-state index contributed by atoms with van der Waals surface area (Å²) in [6.07, 6.45) is 0.804. The number of rotatable bonds is 8. The van der Waals surface area contributed by atoms with Gasteiger partial charge in [-0.2, -0.15) is 5.26 Å². The highest BCUT2D eigenvalue weighted by Crippen LogP contribution is 2.34. The van der Waals surface area contributed by atoms with Crippen molar-refractivity contribution in [3.63, 3.8) is 0 Å². The van der Waals surface area contributed by atoms with Crippen molar-refractivity contribution in [3.8, 4) is 34.2 Å². The highest BCUT2D eigenvalue weighted by Gasteiger charge is 2.15. The zero-order valence-corrected chi connectivity index (χ0v) is 18.9. The van der Waals surface area contributed by atoms with Gasteiger partial charge in [-0.25, -0.2) is 4.98 Å². The zero-order chi connectivity index (χ0) is 22.2. The third-order valence-corrected chi connectivity index (χ3v) is 6.25. The Balaban J connectivity index is 1.56. The van der Waals surface area contributed by atoms with Gasteiger partial charge in [0.15, 0.2) is 0 Å². The zero-order valence-electron chi connectivity index (χ0n) is 17.4. The van der Waals surface area contributed by atoms with Gasteiger partial charge in [-0.3, -0.25) is 0 Å². The van der Waals surface area contributed by atoms with Gasteiger partial charge < -0.3 is 4.74 Å². The van der Waals surface area contributed by atoms with Crippen LogP contribution in [0.2, 0.25) is 5.02 Å². The molecular formula is C27H21ClN2OS. The quantitative estimate of drug-likeness (QED) is 0.203. The summed E-state index contributed by atoms with van der Waals surface area (Å²) in [4.78, 5) is 4.85. The normalized spacial score (nSPS) is 10.5. The monoisotopic (exact) mass is 456 g/mol. The molecule has 0 bridgehead atoms. The van der Waals surface area contributed by atoms with Gasteiger partial charge in [0.1, 0.15) is 16.8 Å². The first-order valence-electron chi connectivity index (χ1n) is 10.3. The Kier molecular flexibility index (Phi) is 7.45. The van der Waals surface area contributed by atoms with Crippen molar-refractivity contribution in [2.45, 2.75) is 11.4 Å². The van der Waals surface area contributed by atoms with E-state index in [0.717, 1.165) is 39.6 Å². The first-order valence-corrected chi connectivity index (χ1v) is 11.7. The number of benzene rings is 3. The summed E-state index contributed by atoms with van der Waals surface area (Å²) in [5, 5.41) is 11.3. The summed E-state index contributed by atoms with van der Waals surface area (Å²) >= 11 is 7.73. The van der Waals surface area contributed by atoms with E-state index in [1.165, 1.54) is 0 Å². The molecule has 1 heterocycles. The summed E-state index contributed by atoms with van der Waals surface area (Å²) in [6.45, 7) is 0.544. The van der Waals surface area contributed by atoms with Crippen LogP contribution < -0.4 is 4.74 Å². The SMILES string of the molecule is N#Cc1c(-c2ccccc2)cc(-c2ccccc2)nc1SCCCOc1ccccc1Cl. The maximum absolute atomic E-state index is 9.96. The second-order valence-corrected chi connectivity index (χ2v) is 8.55. The Morgan fingerprint density at radius 3 is 2.22 bits per heavy atom. The highest BCUT2D eigenvalue weighted by molar-refractivity contribution is 7.99. The van der Waals surface area contributed by atoms with Crippen LogP contribution in [0, 0.1) is 11.3 Å². The minimum atomic E-state index is 0.544. The molecule has 0 amide bonds. The van der Waals surface area contributed by atoms with Crippen molar-refractivity contribution in [2.24, 2.45) is 0 Å². The predicted octanol–water partition coefficient (Wildman–Crippen LogP) is 7.50. The summed E-state index contributed by atoms with van der Waals surface area (Å²) in [7, 11) is 0. The van der Waals surface area contributed by atoms with Crippen LogP contribution in [0.1, 0.15) is 12.0 Å². The predicted molar refractivity (Wildman–Crippen MR) is 132 cm³/mol. The minimum absolute atomic E-state index is 0.544. The third-order valence-electron chi connectivity index (χ3n) is 4.87. The number of para-hydroxylation sites is 1. The molecule has 0 radical (unpaired) electrons. The fourth-order valence-electron chi connectivity index (χ4n) is 3.31. The van der Waals surface area contributed by atoms with E-state index in [1.807, 2.05) is 91.0 Å². The average Bonchev–Trinajstić information content (AvgIpc) is 2.85. The minimum Gasteiger partial charge on any atom is -0.492 e. The van der Waals surface area contributed by atoms with Crippen LogP contribution >= 0.6 is 23.4 Å². The van der Waals surface area contributed by atoms with Gasteiger partial charge in [0.05, 0.1) is 22.9 Å². The molecule has 0 fully saturated rings. The van der Waals surface area contributed by atoms with E-state index in [-0.39, 0.29) is 0 Å². The average molecular weight is 457 g/mol. The Bertz CT molecular complexity index is 1220. The number of halogens is 1. The van der Waals surface area contributed by atoms with Crippen molar-refractivity contribution in [1.82, 2.24) is 4.98 Å². The number of thioether (sulfide) groups is 1. The van der Waals surface area contributed by atoms with Crippen molar-refractivity contribution in [2.75, 3.05) is 12.4 Å². The van der Waals surface area contributed by atoms with E-state index < -0.39 is 0 Å². The molecule has 0 aliphatic carbocycles. The number of ether oxygens (including phenoxy) is 1. The molecule has 0 unspecified atom stereocenters. The second-order valence-electron chi connectivity index (χ2n) is 7.06. The molecule has 0 atom stereocenters. The van der Waals surface area contributed by atoms with Crippen LogP contribution in [0.3, 0.4) is 0 Å². The third kappa shape index (κ3) is 5.31. The van der Waals surface area contributed by atoms with Gasteiger partial charge in [0.25, 0.3) is 0 Å². The maximum atomic E-state index is 9.96. The first kappa shape index (κ1) is 22.0. The molecule has 5 heteroatoms. The molecule has 0 spiro atoms. The van der Waals surface area contributed by atoms with Gasteiger partial charge in [0, 0.05) is 16.9 Å². The lowest BCUT2D eigenvalue weighted by molar-refractivity contribution is 0.319. The molecule has 4 aromatic rings. The number of hydrogen-bond donors (Lipinski definition) is 0. The smallest absolute Gasteiger partial charge is 0.137 e. The van der Waals surface area contributed by atoms with Crippen molar-refractivity contribution in [3.05, 3.63) is 102 Å². The van der Waals surface area contributed by atoms with Crippen molar-refractivity contribution in [1.29, 1.82) is 5.26 Å². The number of nitrogens with zero attached hydrogens (tertiary/aromatic N) is 2. The van der Waals surface area contributed by atoms with E-state index in [1.54, 1.807) is 11.8 Å². The number of nitriles is 1. The van der Waals surface area contributed by atoms with E-state index in [9.17, 15) is 5.26 Å². The molecule has 0 saturated heterocycles. The van der Waals surface area contributed by atoms with Gasteiger partial charge in [-0.15, -0.1) is 11.8 Å². The topological polar surface area (TPSA) is 45.9 Å².